The topological polar surface area (TPSA) is 179 Å². The Kier molecular flexibility index (Phi) is 8.05. The summed E-state index contributed by atoms with van der Waals surface area (Å²) in [6, 6.07) is -3.95. The molecule has 7 N–H and O–H groups in total. The van der Waals surface area contributed by atoms with Gasteiger partial charge in [0.2, 0.25) is 11.8 Å². The molecule has 3 unspecified atom stereocenters. The third-order valence-corrected chi connectivity index (χ3v) is 2.78. The van der Waals surface area contributed by atoms with Crippen LogP contribution in [-0.2, 0) is 19.2 Å². The van der Waals surface area contributed by atoms with E-state index in [1.54, 1.807) is 13.8 Å². The van der Waals surface area contributed by atoms with Crippen molar-refractivity contribution in [1.29, 1.82) is 0 Å². The average molecular weight is 319 g/mol. The molecule has 0 radical (unpaired) electrons. The van der Waals surface area contributed by atoms with E-state index in [-0.39, 0.29) is 0 Å². The molecule has 0 aliphatic rings. The van der Waals surface area contributed by atoms with Gasteiger partial charge in [-0.25, -0.2) is 4.79 Å². The largest absolute Gasteiger partial charge is 0.481 e. The molecule has 22 heavy (non-hydrogen) atoms. The third-order valence-electron chi connectivity index (χ3n) is 2.78. The van der Waals surface area contributed by atoms with Gasteiger partial charge in [0.05, 0.1) is 19.1 Å². The van der Waals surface area contributed by atoms with E-state index in [0.717, 1.165) is 0 Å². The number of hydrogen-bond donors (Lipinski definition) is 6. The number of hydrogen-bond acceptors (Lipinski definition) is 6. The van der Waals surface area contributed by atoms with Gasteiger partial charge in [0, 0.05) is 0 Å². The molecule has 0 fully saturated rings. The van der Waals surface area contributed by atoms with Crippen molar-refractivity contribution in [3.05, 3.63) is 0 Å². The molecule has 126 valence electrons. The van der Waals surface area contributed by atoms with Crippen LogP contribution < -0.4 is 16.4 Å². The number of carboxylic acids is 2. The lowest BCUT2D eigenvalue weighted by molar-refractivity contribution is -0.144. The van der Waals surface area contributed by atoms with Crippen LogP contribution in [-0.4, -0.2) is 63.8 Å². The number of nitrogens with one attached hydrogen (secondary N) is 2. The normalized spacial score (nSPS) is 14.8. The summed E-state index contributed by atoms with van der Waals surface area (Å²) in [6.45, 7) is 2.39. The Morgan fingerprint density at radius 2 is 1.59 bits per heavy atom. The molecule has 0 heterocycles. The fourth-order valence-corrected chi connectivity index (χ4v) is 1.52. The predicted molar refractivity (Wildman–Crippen MR) is 73.6 cm³/mol. The van der Waals surface area contributed by atoms with E-state index in [2.05, 4.69) is 10.6 Å². The summed E-state index contributed by atoms with van der Waals surface area (Å²) in [7, 11) is 0. The molecule has 0 bridgehead atoms. The minimum atomic E-state index is -1.50. The van der Waals surface area contributed by atoms with Crippen LogP contribution in [0, 0.1) is 5.92 Å². The zero-order valence-corrected chi connectivity index (χ0v) is 12.3. The maximum Gasteiger partial charge on any atom is 0.328 e. The summed E-state index contributed by atoms with van der Waals surface area (Å²) in [4.78, 5) is 45.0. The Balaban J connectivity index is 4.85. The van der Waals surface area contributed by atoms with E-state index in [0.29, 0.717) is 0 Å². The molecule has 0 aromatic heterocycles. The summed E-state index contributed by atoms with van der Waals surface area (Å²) in [5, 5.41) is 30.5. The lowest BCUT2D eigenvalue weighted by atomic mass is 10.0. The van der Waals surface area contributed by atoms with Crippen LogP contribution in [0.4, 0.5) is 0 Å². The fourth-order valence-electron chi connectivity index (χ4n) is 1.52. The molecule has 0 aliphatic heterocycles. The smallest absolute Gasteiger partial charge is 0.328 e. The van der Waals surface area contributed by atoms with Crippen LogP contribution in [0.2, 0.25) is 0 Å². The second kappa shape index (κ2) is 8.95. The first-order valence-corrected chi connectivity index (χ1v) is 6.51. The summed E-state index contributed by atoms with van der Waals surface area (Å²) in [5.74, 6) is -4.75. The SMILES string of the molecule is CC(C)C(NC(=O)C(N)CC(=O)O)C(=O)NC(CO)C(=O)O. The first kappa shape index (κ1) is 19.8. The zero-order valence-electron chi connectivity index (χ0n) is 12.3. The predicted octanol–water partition coefficient (Wildman–Crippen LogP) is -2.51. The van der Waals surface area contributed by atoms with E-state index in [4.69, 9.17) is 21.1 Å². The van der Waals surface area contributed by atoms with Crippen molar-refractivity contribution in [2.45, 2.75) is 38.4 Å². The zero-order chi connectivity index (χ0) is 17.4. The number of aliphatic hydroxyl groups excluding tert-OH is 1. The number of carbonyl (C=O) groups excluding carboxylic acids is 2. The highest BCUT2D eigenvalue weighted by Gasteiger charge is 2.30. The van der Waals surface area contributed by atoms with Gasteiger partial charge in [0.25, 0.3) is 0 Å². The van der Waals surface area contributed by atoms with Gasteiger partial charge in [-0.15, -0.1) is 0 Å². The molecule has 10 heteroatoms. The van der Waals surface area contributed by atoms with Crippen molar-refractivity contribution in [2.24, 2.45) is 11.7 Å². The molecule has 0 aromatic rings. The van der Waals surface area contributed by atoms with Crippen LogP contribution in [0.3, 0.4) is 0 Å². The molecule has 0 aliphatic carbocycles. The monoisotopic (exact) mass is 319 g/mol. The minimum absolute atomic E-state index is 0.408. The maximum atomic E-state index is 12.0. The first-order valence-electron chi connectivity index (χ1n) is 6.51. The van der Waals surface area contributed by atoms with Gasteiger partial charge in [-0.05, 0) is 5.92 Å². The highest BCUT2D eigenvalue weighted by Crippen LogP contribution is 2.04. The molecular formula is C12H21N3O7. The fraction of sp³-hybridized carbons (Fsp3) is 0.667. The highest BCUT2D eigenvalue weighted by atomic mass is 16.4. The van der Waals surface area contributed by atoms with Gasteiger partial charge in [0.15, 0.2) is 0 Å². The lowest BCUT2D eigenvalue weighted by Gasteiger charge is -2.24. The summed E-state index contributed by atoms with van der Waals surface area (Å²) in [5.41, 5.74) is 5.38. The molecule has 0 aromatic carbocycles. The Labute approximate surface area is 126 Å². The Hall–Kier alpha value is -2.20. The third kappa shape index (κ3) is 6.50. The molecule has 0 saturated heterocycles. The van der Waals surface area contributed by atoms with Crippen molar-refractivity contribution in [3.63, 3.8) is 0 Å². The molecule has 0 saturated carbocycles. The van der Waals surface area contributed by atoms with Gasteiger partial charge in [-0.2, -0.15) is 0 Å². The average Bonchev–Trinajstić information content (AvgIpc) is 2.39. The van der Waals surface area contributed by atoms with Crippen LogP contribution in [0.25, 0.3) is 0 Å². The number of nitrogens with two attached hydrogens (primary N) is 1. The molecule has 3 atom stereocenters. The second-order valence-electron chi connectivity index (χ2n) is 5.02. The molecule has 0 rings (SSSR count). The standard InChI is InChI=1S/C12H21N3O7/c1-5(2)9(11(20)14-7(4-16)12(21)22)15-10(19)6(13)3-8(17)18/h5-7,9,16H,3-4,13H2,1-2H3,(H,14,20)(H,15,19)(H,17,18)(H,21,22). The number of aliphatic carboxylic acids is 2. The van der Waals surface area contributed by atoms with Crippen LogP contribution in [0.5, 0.6) is 0 Å². The molecule has 2 amide bonds. The molecule has 10 nitrogen and oxygen atoms in total. The van der Waals surface area contributed by atoms with Crippen LogP contribution >= 0.6 is 0 Å². The van der Waals surface area contributed by atoms with Crippen molar-refractivity contribution >= 4 is 23.8 Å². The van der Waals surface area contributed by atoms with Crippen molar-refractivity contribution in [3.8, 4) is 0 Å². The van der Waals surface area contributed by atoms with Gasteiger partial charge in [0.1, 0.15) is 12.1 Å². The summed E-state index contributed by atoms with van der Waals surface area (Å²) < 4.78 is 0. The molecule has 0 spiro atoms. The van der Waals surface area contributed by atoms with Gasteiger partial charge < -0.3 is 31.7 Å². The lowest BCUT2D eigenvalue weighted by Crippen LogP contribution is -2.57. The van der Waals surface area contributed by atoms with Crippen molar-refractivity contribution in [2.75, 3.05) is 6.61 Å². The van der Waals surface area contributed by atoms with Crippen LogP contribution in [0.15, 0.2) is 0 Å². The Morgan fingerprint density at radius 3 is 1.95 bits per heavy atom. The van der Waals surface area contributed by atoms with Crippen molar-refractivity contribution in [1.82, 2.24) is 10.6 Å². The van der Waals surface area contributed by atoms with Crippen LogP contribution in [0.1, 0.15) is 20.3 Å². The second-order valence-corrected chi connectivity index (χ2v) is 5.02. The summed E-state index contributed by atoms with van der Waals surface area (Å²) >= 11 is 0. The number of amides is 2. The number of carbonyl (C=O) groups is 4. The summed E-state index contributed by atoms with van der Waals surface area (Å²) in [6.07, 6.45) is -0.605. The Bertz CT molecular complexity index is 438. The first-order chi connectivity index (χ1) is 10.1. The number of aliphatic hydroxyl groups is 1. The van der Waals surface area contributed by atoms with Gasteiger partial charge in [-0.1, -0.05) is 13.8 Å². The highest BCUT2D eigenvalue weighted by molar-refractivity contribution is 5.93. The van der Waals surface area contributed by atoms with Gasteiger partial charge in [-0.3, -0.25) is 14.4 Å². The number of rotatable bonds is 9. The van der Waals surface area contributed by atoms with E-state index >= 15 is 0 Å². The number of carboxylic acid groups (broad SMARTS) is 2. The minimum Gasteiger partial charge on any atom is -0.481 e. The van der Waals surface area contributed by atoms with E-state index in [9.17, 15) is 19.2 Å². The van der Waals surface area contributed by atoms with E-state index < -0.39 is 60.8 Å². The Morgan fingerprint density at radius 1 is 1.05 bits per heavy atom. The quantitative estimate of drug-likeness (QED) is 0.269. The van der Waals surface area contributed by atoms with Gasteiger partial charge >= 0.3 is 11.9 Å². The maximum absolute atomic E-state index is 12.0. The van der Waals surface area contributed by atoms with E-state index in [1.165, 1.54) is 0 Å². The van der Waals surface area contributed by atoms with Crippen molar-refractivity contribution < 1.29 is 34.5 Å². The molecular weight excluding hydrogens is 298 g/mol. The van der Waals surface area contributed by atoms with E-state index in [1.807, 2.05) is 0 Å².